The lowest BCUT2D eigenvalue weighted by Gasteiger charge is -2.36. The van der Waals surface area contributed by atoms with Crippen LogP contribution >= 0.6 is 0 Å². The molecule has 1 aliphatic rings. The van der Waals surface area contributed by atoms with Gasteiger partial charge in [0.25, 0.3) is 0 Å². The summed E-state index contributed by atoms with van der Waals surface area (Å²) >= 11 is 0. The molecule has 0 saturated carbocycles. The number of fused-ring (bicyclic) bond motifs is 3. The van der Waals surface area contributed by atoms with E-state index in [2.05, 4.69) is 36.1 Å². The Balaban J connectivity index is 1.82. The molecular weight excluding hydrogens is 348 g/mol. The summed E-state index contributed by atoms with van der Waals surface area (Å²) < 4.78 is 29.9. The topological polar surface area (TPSA) is 71.0 Å². The van der Waals surface area contributed by atoms with Crippen LogP contribution in [0.4, 0.5) is 0 Å². The lowest BCUT2D eigenvalue weighted by Crippen LogP contribution is -2.42. The Morgan fingerprint density at radius 2 is 2.08 bits per heavy atom. The highest BCUT2D eigenvalue weighted by atomic mass is 32.2. The molecule has 1 aliphatic heterocycles. The second-order valence-corrected chi connectivity index (χ2v) is 9.04. The summed E-state index contributed by atoms with van der Waals surface area (Å²) in [5.74, 6) is 0.151. The van der Waals surface area contributed by atoms with Crippen LogP contribution in [0.2, 0.25) is 0 Å². The van der Waals surface area contributed by atoms with Crippen LogP contribution in [0.1, 0.15) is 38.1 Å². The summed E-state index contributed by atoms with van der Waals surface area (Å²) in [5, 5.41) is 5.35. The van der Waals surface area contributed by atoms with E-state index in [1.54, 1.807) is 15.2 Å². The largest absolute Gasteiger partial charge is 0.357 e. The normalized spacial score (nSPS) is 18.5. The molecule has 0 amide bonds. The molecule has 2 aromatic heterocycles. The molecule has 1 unspecified atom stereocenters. The number of H-pyrrole nitrogens is 1. The second kappa shape index (κ2) is 6.25. The fourth-order valence-corrected chi connectivity index (χ4v) is 5.65. The van der Waals surface area contributed by atoms with Gasteiger partial charge in [0.05, 0.1) is 12.2 Å². The summed E-state index contributed by atoms with van der Waals surface area (Å²) in [7, 11) is -3.60. The van der Waals surface area contributed by atoms with Crippen molar-refractivity contribution in [1.29, 1.82) is 0 Å². The van der Waals surface area contributed by atoms with Gasteiger partial charge < -0.3 is 4.98 Å². The van der Waals surface area contributed by atoms with Gasteiger partial charge in [-0.2, -0.15) is 9.40 Å². The molecule has 26 heavy (non-hydrogen) atoms. The van der Waals surface area contributed by atoms with Crippen molar-refractivity contribution in [3.8, 4) is 0 Å². The van der Waals surface area contributed by atoms with Crippen LogP contribution in [0.3, 0.4) is 0 Å². The van der Waals surface area contributed by atoms with E-state index in [4.69, 9.17) is 0 Å². The first-order valence-corrected chi connectivity index (χ1v) is 10.5. The van der Waals surface area contributed by atoms with Crippen LogP contribution in [0, 0.1) is 5.92 Å². The zero-order chi connectivity index (χ0) is 18.5. The van der Waals surface area contributed by atoms with Crippen molar-refractivity contribution in [2.24, 2.45) is 5.92 Å². The molecule has 0 bridgehead atoms. The van der Waals surface area contributed by atoms with Gasteiger partial charge in [0.2, 0.25) is 10.0 Å². The minimum atomic E-state index is -3.60. The van der Waals surface area contributed by atoms with E-state index in [9.17, 15) is 8.42 Å². The number of para-hydroxylation sites is 1. The number of aryl methyl sites for hydroxylation is 1. The fourth-order valence-electron chi connectivity index (χ4n) is 3.97. The van der Waals surface area contributed by atoms with Gasteiger partial charge in [-0.3, -0.25) is 4.68 Å². The molecule has 3 aromatic rings. The van der Waals surface area contributed by atoms with Gasteiger partial charge in [-0.25, -0.2) is 8.42 Å². The summed E-state index contributed by atoms with van der Waals surface area (Å²) in [6.07, 6.45) is 3.79. The average molecular weight is 372 g/mol. The van der Waals surface area contributed by atoms with Crippen LogP contribution in [0.5, 0.6) is 0 Å². The zero-order valence-corrected chi connectivity index (χ0v) is 16.1. The number of hydrogen-bond acceptors (Lipinski definition) is 3. The molecule has 1 N–H and O–H groups in total. The minimum Gasteiger partial charge on any atom is -0.357 e. The molecule has 1 aromatic carbocycles. The standard InChI is InChI=1S/C19H24N4O2S/c1-4-22-12-14(11-20-22)26(24,25)23-10-9-16-15-7-5-6-8-17(15)21-18(16)19(23)13(2)3/h5-8,11-13,19,21H,4,9-10H2,1-3H3. The van der Waals surface area contributed by atoms with E-state index in [0.717, 1.165) is 11.2 Å². The van der Waals surface area contributed by atoms with Crippen LogP contribution in [0.15, 0.2) is 41.6 Å². The number of nitrogens with zero attached hydrogens (tertiary/aromatic N) is 3. The highest BCUT2D eigenvalue weighted by molar-refractivity contribution is 7.89. The number of sulfonamides is 1. The highest BCUT2D eigenvalue weighted by Crippen LogP contribution is 2.40. The van der Waals surface area contributed by atoms with Gasteiger partial charge in [-0.15, -0.1) is 0 Å². The predicted octanol–water partition coefficient (Wildman–Crippen LogP) is 3.33. The molecule has 6 nitrogen and oxygen atoms in total. The summed E-state index contributed by atoms with van der Waals surface area (Å²) in [4.78, 5) is 3.76. The predicted molar refractivity (Wildman–Crippen MR) is 101 cm³/mol. The molecule has 138 valence electrons. The third-order valence-corrected chi connectivity index (χ3v) is 7.04. The monoisotopic (exact) mass is 372 g/mol. The lowest BCUT2D eigenvalue weighted by molar-refractivity contribution is 0.244. The quantitative estimate of drug-likeness (QED) is 0.764. The molecule has 0 aliphatic carbocycles. The number of aromatic amines is 1. The van der Waals surface area contributed by atoms with Crippen molar-refractivity contribution >= 4 is 20.9 Å². The Bertz CT molecular complexity index is 1050. The SMILES string of the molecule is CCn1cc(S(=O)(=O)N2CCc3c([nH]c4ccccc34)C2C(C)C)cn1. The van der Waals surface area contributed by atoms with Crippen LogP contribution in [-0.4, -0.2) is 34.0 Å². The first-order chi connectivity index (χ1) is 12.4. The van der Waals surface area contributed by atoms with E-state index in [1.165, 1.54) is 17.1 Å². The van der Waals surface area contributed by atoms with E-state index < -0.39 is 10.0 Å². The van der Waals surface area contributed by atoms with Gasteiger partial charge in [-0.05, 0) is 30.9 Å². The Morgan fingerprint density at radius 1 is 1.31 bits per heavy atom. The third kappa shape index (κ3) is 2.57. The first-order valence-electron chi connectivity index (χ1n) is 9.07. The highest BCUT2D eigenvalue weighted by Gasteiger charge is 2.40. The van der Waals surface area contributed by atoms with Gasteiger partial charge in [0.1, 0.15) is 4.90 Å². The molecule has 1 atom stereocenters. The van der Waals surface area contributed by atoms with E-state index >= 15 is 0 Å². The van der Waals surface area contributed by atoms with Crippen molar-refractivity contribution in [1.82, 2.24) is 19.1 Å². The molecule has 4 rings (SSSR count). The van der Waals surface area contributed by atoms with Crippen molar-refractivity contribution in [2.45, 2.75) is 44.7 Å². The number of nitrogens with one attached hydrogen (secondary N) is 1. The van der Waals surface area contributed by atoms with Crippen molar-refractivity contribution in [3.05, 3.63) is 47.9 Å². The molecule has 0 fully saturated rings. The number of hydrogen-bond donors (Lipinski definition) is 1. The van der Waals surface area contributed by atoms with Gasteiger partial charge >= 0.3 is 0 Å². The number of aromatic nitrogens is 3. The molecular formula is C19H24N4O2S. The number of rotatable bonds is 4. The maximum absolute atomic E-state index is 13.3. The molecule has 0 radical (unpaired) electrons. The van der Waals surface area contributed by atoms with Gasteiger partial charge in [-0.1, -0.05) is 32.0 Å². The van der Waals surface area contributed by atoms with Crippen molar-refractivity contribution < 1.29 is 8.42 Å². The van der Waals surface area contributed by atoms with E-state index in [-0.39, 0.29) is 16.9 Å². The van der Waals surface area contributed by atoms with Gasteiger partial charge in [0, 0.05) is 35.9 Å². The number of benzene rings is 1. The Morgan fingerprint density at radius 3 is 2.77 bits per heavy atom. The van der Waals surface area contributed by atoms with Crippen LogP contribution < -0.4 is 0 Å². The lowest BCUT2D eigenvalue weighted by atomic mass is 9.92. The maximum atomic E-state index is 13.3. The second-order valence-electron chi connectivity index (χ2n) is 7.15. The Hall–Kier alpha value is -2.12. The smallest absolute Gasteiger partial charge is 0.246 e. The van der Waals surface area contributed by atoms with E-state index in [0.29, 0.717) is 19.5 Å². The summed E-state index contributed by atoms with van der Waals surface area (Å²) in [5.41, 5.74) is 3.34. The Kier molecular flexibility index (Phi) is 4.16. The van der Waals surface area contributed by atoms with E-state index in [1.807, 2.05) is 19.1 Å². The average Bonchev–Trinajstić information content (AvgIpc) is 3.25. The summed E-state index contributed by atoms with van der Waals surface area (Å²) in [6.45, 7) is 7.22. The van der Waals surface area contributed by atoms with Crippen LogP contribution in [0.25, 0.3) is 10.9 Å². The van der Waals surface area contributed by atoms with Gasteiger partial charge in [0.15, 0.2) is 0 Å². The molecule has 7 heteroatoms. The molecule has 0 spiro atoms. The maximum Gasteiger partial charge on any atom is 0.246 e. The first kappa shape index (κ1) is 17.3. The molecule has 3 heterocycles. The van der Waals surface area contributed by atoms with Crippen LogP contribution in [-0.2, 0) is 23.0 Å². The zero-order valence-electron chi connectivity index (χ0n) is 15.3. The summed E-state index contributed by atoms with van der Waals surface area (Å²) in [6, 6.07) is 7.99. The fraction of sp³-hybridized carbons (Fsp3) is 0.421. The minimum absolute atomic E-state index is 0.151. The molecule has 0 saturated heterocycles. The van der Waals surface area contributed by atoms with Crippen molar-refractivity contribution in [2.75, 3.05) is 6.54 Å². The van der Waals surface area contributed by atoms with Crippen molar-refractivity contribution in [3.63, 3.8) is 0 Å². The third-order valence-electron chi connectivity index (χ3n) is 5.21. The Labute approximate surface area is 153 Å².